The van der Waals surface area contributed by atoms with Crippen LogP contribution in [0.25, 0.3) is 22.6 Å². The molecule has 0 aromatic carbocycles. The molecule has 16 heteroatoms. The van der Waals surface area contributed by atoms with Crippen LogP contribution in [-0.2, 0) is 26.3 Å². The molecule has 10 nitrogen and oxygen atoms in total. The molecule has 1 amide bonds. The Balaban J connectivity index is 1.77. The van der Waals surface area contributed by atoms with Crippen LogP contribution in [0.2, 0.25) is 0 Å². The third-order valence-electron chi connectivity index (χ3n) is 5.84. The minimum absolute atomic E-state index is 0.0741. The van der Waals surface area contributed by atoms with Crippen molar-refractivity contribution < 1.29 is 40.7 Å². The van der Waals surface area contributed by atoms with Crippen molar-refractivity contribution in [3.63, 3.8) is 0 Å². The van der Waals surface area contributed by atoms with Gasteiger partial charge in [-0.2, -0.15) is 27.1 Å². The number of nitrogens with two attached hydrogens (primary N) is 1. The molecule has 1 atom stereocenters. The Morgan fingerprint density at radius 1 is 1.24 bits per heavy atom. The van der Waals surface area contributed by atoms with E-state index in [0.29, 0.717) is 0 Å². The quantitative estimate of drug-likeness (QED) is 0.350. The lowest BCUT2D eigenvalue weighted by atomic mass is 9.81. The van der Waals surface area contributed by atoms with Crippen LogP contribution in [0.4, 0.5) is 38.0 Å². The molecule has 3 aromatic rings. The third-order valence-corrected chi connectivity index (χ3v) is 5.84. The number of aromatic nitrogens is 5. The number of pyridine rings is 1. The van der Waals surface area contributed by atoms with E-state index in [4.69, 9.17) is 10.5 Å². The molecule has 1 aliphatic rings. The Morgan fingerprint density at radius 3 is 2.59 bits per heavy atom. The number of alkyl halides is 5. The van der Waals surface area contributed by atoms with E-state index in [1.807, 2.05) is 0 Å². The number of nitrogen functional groups attached to an aromatic ring is 1. The molecule has 1 unspecified atom stereocenters. The number of carbonyl (C=O) groups is 2. The molecular weight excluding hydrogens is 512 g/mol. The predicted octanol–water partition coefficient (Wildman–Crippen LogP) is 3.36. The number of nitrogens with one attached hydrogen (secondary N) is 1. The van der Waals surface area contributed by atoms with Gasteiger partial charge in [-0.15, -0.1) is 0 Å². The number of fused-ring (bicyclic) bond motifs is 2. The molecule has 0 fully saturated rings. The molecule has 3 N–H and O–H groups in total. The van der Waals surface area contributed by atoms with E-state index in [9.17, 15) is 35.9 Å². The molecule has 0 saturated carbocycles. The number of carbonyl (C=O) groups excluding carboxylic acids is 2. The van der Waals surface area contributed by atoms with E-state index in [0.717, 1.165) is 16.9 Å². The number of hydrogen-bond donors (Lipinski definition) is 2. The fourth-order valence-corrected chi connectivity index (χ4v) is 3.99. The van der Waals surface area contributed by atoms with E-state index >= 15 is 0 Å². The van der Waals surface area contributed by atoms with Gasteiger partial charge in [0.1, 0.15) is 23.1 Å². The lowest BCUT2D eigenvalue weighted by Gasteiger charge is -2.21. The zero-order chi connectivity index (χ0) is 27.3. The highest BCUT2D eigenvalue weighted by Gasteiger charge is 2.57. The zero-order valence-corrected chi connectivity index (χ0v) is 19.3. The van der Waals surface area contributed by atoms with Crippen molar-refractivity contribution in [2.45, 2.75) is 50.7 Å². The smallest absolute Gasteiger partial charge is 0.453 e. The molecule has 3 aromatic heterocycles. The van der Waals surface area contributed by atoms with E-state index in [2.05, 4.69) is 25.4 Å². The van der Waals surface area contributed by atoms with Crippen LogP contribution in [-0.4, -0.2) is 55.3 Å². The topological polar surface area (TPSA) is 138 Å². The first-order valence-corrected chi connectivity index (χ1v) is 10.8. The predicted molar refractivity (Wildman–Crippen MR) is 116 cm³/mol. The molecule has 0 spiro atoms. The van der Waals surface area contributed by atoms with Crippen LogP contribution in [0.1, 0.15) is 32.3 Å². The normalized spacial score (nSPS) is 17.7. The van der Waals surface area contributed by atoms with E-state index in [1.54, 1.807) is 6.92 Å². The number of aryl methyl sites for hydroxylation is 1. The average molecular weight is 531 g/mol. The van der Waals surface area contributed by atoms with Gasteiger partial charge in [-0.3, -0.25) is 9.59 Å². The minimum atomic E-state index is -5.77. The maximum Gasteiger partial charge on any atom is 0.453 e. The van der Waals surface area contributed by atoms with Crippen molar-refractivity contribution in [1.82, 2.24) is 24.7 Å². The van der Waals surface area contributed by atoms with Crippen molar-refractivity contribution in [2.24, 2.45) is 0 Å². The lowest BCUT2D eigenvalue weighted by molar-refractivity contribution is -0.285. The van der Waals surface area contributed by atoms with Crippen molar-refractivity contribution in [1.29, 1.82) is 0 Å². The minimum Gasteiger partial charge on any atom is -0.466 e. The van der Waals surface area contributed by atoms with Gasteiger partial charge in [0.25, 0.3) is 0 Å². The molecule has 1 aliphatic heterocycles. The first kappa shape index (κ1) is 26.1. The van der Waals surface area contributed by atoms with Crippen LogP contribution in [0.3, 0.4) is 0 Å². The number of ether oxygens (including phenoxy) is 1. The van der Waals surface area contributed by atoms with Gasteiger partial charge in [-0.1, -0.05) is 0 Å². The summed E-state index contributed by atoms with van der Waals surface area (Å²) < 4.78 is 84.5. The van der Waals surface area contributed by atoms with Crippen molar-refractivity contribution in [3.05, 3.63) is 23.6 Å². The fourth-order valence-electron chi connectivity index (χ4n) is 3.99. The highest BCUT2D eigenvalue weighted by Crippen LogP contribution is 2.43. The second-order valence-electron chi connectivity index (χ2n) is 8.47. The van der Waals surface area contributed by atoms with Gasteiger partial charge in [0.2, 0.25) is 5.91 Å². The monoisotopic (exact) mass is 531 g/mol. The number of hydrogen-bond acceptors (Lipinski definition) is 8. The first-order chi connectivity index (χ1) is 17.2. The molecule has 0 saturated heterocycles. The fraction of sp³-hybridized carbons (Fsp3) is 0.429. The van der Waals surface area contributed by atoms with Gasteiger partial charge >= 0.3 is 18.1 Å². The lowest BCUT2D eigenvalue weighted by Crippen LogP contribution is -2.37. The number of nitrogens with zero attached hydrogens (tertiary/aromatic N) is 5. The Labute approximate surface area is 204 Å². The summed E-state index contributed by atoms with van der Waals surface area (Å²) in [4.78, 5) is 36.9. The number of amides is 1. The van der Waals surface area contributed by atoms with Crippen LogP contribution in [0.15, 0.2) is 12.3 Å². The molecule has 37 heavy (non-hydrogen) atoms. The van der Waals surface area contributed by atoms with Gasteiger partial charge in [0, 0.05) is 13.0 Å². The summed E-state index contributed by atoms with van der Waals surface area (Å²) in [5.74, 6) is -7.73. The van der Waals surface area contributed by atoms with E-state index in [1.165, 1.54) is 6.92 Å². The van der Waals surface area contributed by atoms with Gasteiger partial charge in [0.05, 0.1) is 35.6 Å². The summed E-state index contributed by atoms with van der Waals surface area (Å²) in [6.45, 7) is 2.20. The first-order valence-electron chi connectivity index (χ1n) is 10.8. The van der Waals surface area contributed by atoms with Crippen LogP contribution < -0.4 is 11.1 Å². The van der Waals surface area contributed by atoms with Gasteiger partial charge in [0.15, 0.2) is 11.5 Å². The number of esters is 1. The van der Waals surface area contributed by atoms with Gasteiger partial charge in [-0.05, 0) is 19.9 Å². The second-order valence-corrected chi connectivity index (χ2v) is 8.47. The molecule has 4 heterocycles. The number of anilines is 2. The van der Waals surface area contributed by atoms with Crippen molar-refractivity contribution in [3.8, 4) is 11.5 Å². The van der Waals surface area contributed by atoms with Crippen molar-refractivity contribution in [2.75, 3.05) is 17.7 Å². The summed E-state index contributed by atoms with van der Waals surface area (Å²) >= 11 is 0. The Kier molecular flexibility index (Phi) is 6.24. The van der Waals surface area contributed by atoms with Crippen LogP contribution in [0.5, 0.6) is 0 Å². The summed E-state index contributed by atoms with van der Waals surface area (Å²) in [5.41, 5.74) is 4.31. The summed E-state index contributed by atoms with van der Waals surface area (Å²) in [6.07, 6.45) is -7.05. The molecule has 198 valence electrons. The SMILES string of the molecule is CCOC(=O)CC1(C)C(=O)Nc2nc(-c3nn(CCC(F)(F)C(F)(F)F)c4ncc(F)cc34)nc(N)c21. The average Bonchev–Trinajstić information content (AvgIpc) is 3.25. The second kappa shape index (κ2) is 8.85. The van der Waals surface area contributed by atoms with Gasteiger partial charge in [-0.25, -0.2) is 24.0 Å². The maximum absolute atomic E-state index is 14.0. The zero-order valence-electron chi connectivity index (χ0n) is 19.3. The van der Waals surface area contributed by atoms with Crippen LogP contribution in [0, 0.1) is 5.82 Å². The molecule has 0 radical (unpaired) electrons. The molecule has 0 bridgehead atoms. The summed E-state index contributed by atoms with van der Waals surface area (Å²) in [6, 6.07) is 0.930. The van der Waals surface area contributed by atoms with Crippen molar-refractivity contribution >= 4 is 34.5 Å². The highest BCUT2D eigenvalue weighted by molar-refractivity contribution is 6.08. The molecular formula is C21H19F6N7O3. The number of rotatable bonds is 7. The van der Waals surface area contributed by atoms with E-state index < -0.39 is 48.2 Å². The standard InChI is InChI=1S/C21H19F6N7O3/c1-3-37-11(35)7-19(2)12-14(28)30-16(31-15(12)32-18(19)36)13-10-6-9(22)8-29-17(10)34(33-13)5-4-20(23,24)21(25,26)27/h6,8H,3-5,7H2,1-2H3,(H3,28,30,31,32,36). The van der Waals surface area contributed by atoms with Crippen LogP contribution >= 0.6 is 0 Å². The highest BCUT2D eigenvalue weighted by atomic mass is 19.4. The molecule has 0 aliphatic carbocycles. The third kappa shape index (κ3) is 4.51. The molecule has 4 rings (SSSR count). The van der Waals surface area contributed by atoms with Gasteiger partial charge < -0.3 is 15.8 Å². The summed E-state index contributed by atoms with van der Waals surface area (Å²) in [5, 5.41) is 6.40. The Hall–Kier alpha value is -3.98. The van der Waals surface area contributed by atoms with E-state index in [-0.39, 0.29) is 52.8 Å². The maximum atomic E-state index is 14.0. The number of halogens is 6. The Morgan fingerprint density at radius 2 is 1.95 bits per heavy atom. The Bertz CT molecular complexity index is 1410. The summed E-state index contributed by atoms with van der Waals surface area (Å²) in [7, 11) is 0. The largest absolute Gasteiger partial charge is 0.466 e.